The van der Waals surface area contributed by atoms with Crippen LogP contribution in [0.1, 0.15) is 54.0 Å². The normalized spacial score (nSPS) is 13.1. The van der Waals surface area contributed by atoms with Crippen LogP contribution in [0.3, 0.4) is 0 Å². The van der Waals surface area contributed by atoms with E-state index >= 15 is 0 Å². The first-order chi connectivity index (χ1) is 10.3. The van der Waals surface area contributed by atoms with Crippen molar-refractivity contribution in [2.45, 2.75) is 65.1 Å². The number of methoxy groups -OCH3 is 1. The fourth-order valence-electron chi connectivity index (χ4n) is 3.35. The van der Waals surface area contributed by atoms with Gasteiger partial charge < -0.3 is 9.26 Å². The lowest BCUT2D eigenvalue weighted by atomic mass is 10.1. The summed E-state index contributed by atoms with van der Waals surface area (Å²) in [7, 11) is -0.280. The van der Waals surface area contributed by atoms with Crippen molar-refractivity contribution in [1.29, 1.82) is 0 Å². The second kappa shape index (κ2) is 7.81. The van der Waals surface area contributed by atoms with E-state index in [0.29, 0.717) is 16.6 Å². The molecule has 0 heterocycles. The standard InChI is InChI=1S/C18H31NO2Si/c1-13(2)22(14(3)4,15(5)6)21-19-16(7)17-9-11-18(20-8)12-10-17/h9-15H,1-8H3/b19-16+. The number of oxime groups is 1. The summed E-state index contributed by atoms with van der Waals surface area (Å²) in [5, 5.41) is 4.52. The number of hydrogen-bond donors (Lipinski definition) is 0. The molecule has 0 aliphatic carbocycles. The van der Waals surface area contributed by atoms with E-state index in [1.807, 2.05) is 31.2 Å². The third kappa shape index (κ3) is 3.91. The molecule has 4 heteroatoms. The van der Waals surface area contributed by atoms with E-state index < -0.39 is 8.32 Å². The minimum absolute atomic E-state index is 0.528. The molecule has 0 aromatic heterocycles. The highest BCUT2D eigenvalue weighted by Crippen LogP contribution is 2.42. The van der Waals surface area contributed by atoms with E-state index in [2.05, 4.69) is 46.7 Å². The summed E-state index contributed by atoms with van der Waals surface area (Å²) in [6.45, 7) is 15.6. The van der Waals surface area contributed by atoms with E-state index in [9.17, 15) is 0 Å². The van der Waals surface area contributed by atoms with Crippen molar-refractivity contribution in [1.82, 2.24) is 0 Å². The van der Waals surface area contributed by atoms with Gasteiger partial charge in [-0.3, -0.25) is 0 Å². The van der Waals surface area contributed by atoms with Crippen molar-refractivity contribution in [3.63, 3.8) is 0 Å². The molecular weight excluding hydrogens is 290 g/mol. The van der Waals surface area contributed by atoms with Crippen LogP contribution in [-0.4, -0.2) is 21.1 Å². The number of benzene rings is 1. The highest BCUT2D eigenvalue weighted by molar-refractivity contribution is 6.77. The third-order valence-corrected chi connectivity index (χ3v) is 10.4. The Morgan fingerprint density at radius 2 is 1.36 bits per heavy atom. The lowest BCUT2D eigenvalue weighted by Gasteiger charge is -2.39. The maximum Gasteiger partial charge on any atom is 0.295 e. The Morgan fingerprint density at radius 1 is 0.909 bits per heavy atom. The van der Waals surface area contributed by atoms with Crippen molar-refractivity contribution in [3.8, 4) is 5.75 Å². The van der Waals surface area contributed by atoms with Crippen molar-refractivity contribution < 1.29 is 9.26 Å². The monoisotopic (exact) mass is 321 g/mol. The molecule has 0 saturated heterocycles. The highest BCUT2D eigenvalue weighted by atomic mass is 28.4. The second-order valence-electron chi connectivity index (χ2n) is 6.81. The number of hydrogen-bond acceptors (Lipinski definition) is 3. The molecular formula is C18H31NO2Si. The molecule has 0 N–H and O–H groups in total. The molecule has 1 aromatic carbocycles. The Hall–Kier alpha value is -1.29. The minimum atomic E-state index is -1.95. The predicted molar refractivity (Wildman–Crippen MR) is 97.3 cm³/mol. The molecule has 0 aliphatic heterocycles. The van der Waals surface area contributed by atoms with Crippen LogP contribution < -0.4 is 4.74 Å². The van der Waals surface area contributed by atoms with Gasteiger partial charge in [-0.05, 0) is 53.4 Å². The molecule has 0 amide bonds. The maximum absolute atomic E-state index is 6.28. The second-order valence-corrected chi connectivity index (χ2v) is 12.2. The summed E-state index contributed by atoms with van der Waals surface area (Å²) < 4.78 is 11.5. The summed E-state index contributed by atoms with van der Waals surface area (Å²) >= 11 is 0. The highest BCUT2D eigenvalue weighted by Gasteiger charge is 2.48. The van der Waals surface area contributed by atoms with Crippen LogP contribution in [0, 0.1) is 0 Å². The topological polar surface area (TPSA) is 30.8 Å². The molecule has 1 aromatic rings. The van der Waals surface area contributed by atoms with Crippen molar-refractivity contribution >= 4 is 14.0 Å². The largest absolute Gasteiger partial charge is 0.497 e. The molecule has 3 nitrogen and oxygen atoms in total. The smallest absolute Gasteiger partial charge is 0.295 e. The average Bonchev–Trinajstić information content (AvgIpc) is 2.46. The fourth-order valence-corrected chi connectivity index (χ4v) is 8.28. The van der Waals surface area contributed by atoms with E-state index in [1.54, 1.807) is 7.11 Å². The van der Waals surface area contributed by atoms with Crippen LogP contribution in [-0.2, 0) is 4.53 Å². The first-order valence-electron chi connectivity index (χ1n) is 8.12. The van der Waals surface area contributed by atoms with Gasteiger partial charge in [-0.1, -0.05) is 41.5 Å². The quantitative estimate of drug-likeness (QED) is 0.371. The van der Waals surface area contributed by atoms with Gasteiger partial charge in [0.2, 0.25) is 0 Å². The number of rotatable bonds is 7. The summed E-state index contributed by atoms with van der Waals surface area (Å²) in [5.74, 6) is 0.854. The van der Waals surface area contributed by atoms with Gasteiger partial charge in [0.15, 0.2) is 0 Å². The number of ether oxygens (including phenoxy) is 1. The van der Waals surface area contributed by atoms with Crippen LogP contribution in [0.25, 0.3) is 0 Å². The van der Waals surface area contributed by atoms with Crippen molar-refractivity contribution in [2.75, 3.05) is 7.11 Å². The maximum atomic E-state index is 6.28. The molecule has 0 aliphatic rings. The average molecular weight is 322 g/mol. The van der Waals surface area contributed by atoms with Crippen LogP contribution in [0.5, 0.6) is 5.75 Å². The van der Waals surface area contributed by atoms with Crippen LogP contribution in [0.4, 0.5) is 0 Å². The molecule has 0 spiro atoms. The van der Waals surface area contributed by atoms with Gasteiger partial charge in [-0.2, -0.15) is 0 Å². The Bertz CT molecular complexity index is 471. The van der Waals surface area contributed by atoms with Gasteiger partial charge in [-0.15, -0.1) is 5.16 Å². The number of nitrogens with zero attached hydrogens (tertiary/aromatic N) is 1. The van der Waals surface area contributed by atoms with Gasteiger partial charge in [0.1, 0.15) is 5.75 Å². The SMILES string of the molecule is COc1ccc(/C(C)=N/O[Si](C(C)C)(C(C)C)C(C)C)cc1. The van der Waals surface area contributed by atoms with Crippen LogP contribution in [0.2, 0.25) is 16.6 Å². The van der Waals surface area contributed by atoms with Gasteiger partial charge in [0, 0.05) is 0 Å². The molecule has 0 fully saturated rings. The lowest BCUT2D eigenvalue weighted by molar-refractivity contribution is 0.296. The molecule has 124 valence electrons. The summed E-state index contributed by atoms with van der Waals surface area (Å²) in [4.78, 5) is 0. The molecule has 1 rings (SSSR count). The lowest BCUT2D eigenvalue weighted by Crippen LogP contribution is -2.46. The van der Waals surface area contributed by atoms with Crippen LogP contribution >= 0.6 is 0 Å². The van der Waals surface area contributed by atoms with Gasteiger partial charge in [0.25, 0.3) is 8.32 Å². The molecule has 22 heavy (non-hydrogen) atoms. The first kappa shape index (κ1) is 18.8. The Morgan fingerprint density at radius 3 is 1.73 bits per heavy atom. The van der Waals surface area contributed by atoms with Crippen LogP contribution in [0.15, 0.2) is 29.4 Å². The summed E-state index contributed by atoms with van der Waals surface area (Å²) in [6, 6.07) is 7.94. The summed E-state index contributed by atoms with van der Waals surface area (Å²) in [5.41, 5.74) is 3.57. The third-order valence-electron chi connectivity index (χ3n) is 4.56. The zero-order chi connectivity index (χ0) is 16.9. The van der Waals surface area contributed by atoms with Crippen molar-refractivity contribution in [3.05, 3.63) is 29.8 Å². The minimum Gasteiger partial charge on any atom is -0.497 e. The Labute approximate surface area is 136 Å². The van der Waals surface area contributed by atoms with Crippen molar-refractivity contribution in [2.24, 2.45) is 5.16 Å². The fraction of sp³-hybridized carbons (Fsp3) is 0.611. The zero-order valence-corrected chi connectivity index (χ0v) is 16.3. The van der Waals surface area contributed by atoms with Gasteiger partial charge in [0.05, 0.1) is 12.8 Å². The predicted octanol–water partition coefficient (Wildman–Crippen LogP) is 5.61. The first-order valence-corrected chi connectivity index (χ1v) is 10.3. The Balaban J connectivity index is 3.03. The van der Waals surface area contributed by atoms with E-state index in [-0.39, 0.29) is 0 Å². The molecule has 0 radical (unpaired) electrons. The molecule has 0 bridgehead atoms. The van der Waals surface area contributed by atoms with E-state index in [0.717, 1.165) is 17.0 Å². The Kier molecular flexibility index (Phi) is 6.66. The summed E-state index contributed by atoms with van der Waals surface area (Å²) in [6.07, 6.45) is 0. The van der Waals surface area contributed by atoms with E-state index in [1.165, 1.54) is 0 Å². The zero-order valence-electron chi connectivity index (χ0n) is 15.3. The molecule has 0 unspecified atom stereocenters. The van der Waals surface area contributed by atoms with Gasteiger partial charge >= 0.3 is 0 Å². The molecule has 0 atom stereocenters. The van der Waals surface area contributed by atoms with Gasteiger partial charge in [-0.25, -0.2) is 0 Å². The molecule has 0 saturated carbocycles. The van der Waals surface area contributed by atoms with E-state index in [4.69, 9.17) is 9.26 Å².